The molecule has 44 heavy (non-hydrogen) atoms. The number of benzene rings is 3. The number of nitro benzene ring substituents is 1. The Labute approximate surface area is 257 Å². The predicted octanol–water partition coefficient (Wildman–Crippen LogP) is 4.93. The average Bonchev–Trinajstić information content (AvgIpc) is 3.32. The topological polar surface area (TPSA) is 122 Å². The second-order valence-corrected chi connectivity index (χ2v) is 11.6. The minimum Gasteiger partial charge on any atom is -0.493 e. The summed E-state index contributed by atoms with van der Waals surface area (Å²) in [7, 11) is 1.53. The van der Waals surface area contributed by atoms with E-state index in [4.69, 9.17) is 14.2 Å². The number of methoxy groups -OCH3 is 1. The summed E-state index contributed by atoms with van der Waals surface area (Å²) in [5.41, 5.74) is 2.27. The van der Waals surface area contributed by atoms with Crippen molar-refractivity contribution in [3.63, 3.8) is 0 Å². The van der Waals surface area contributed by atoms with Crippen LogP contribution in [0.2, 0.25) is 0 Å². The number of allylic oxidation sites excluding steroid dienone is 1. The summed E-state index contributed by atoms with van der Waals surface area (Å²) in [5.74, 6) is 0.473. The second kappa shape index (κ2) is 13.1. The monoisotopic (exact) mass is 613 g/mol. The van der Waals surface area contributed by atoms with Crippen molar-refractivity contribution < 1.29 is 23.9 Å². The first-order valence-electron chi connectivity index (χ1n) is 13.9. The van der Waals surface area contributed by atoms with E-state index in [9.17, 15) is 19.7 Å². The SMILES string of the molecule is COc1cc(C2C(C(=O)OCC(C)C)=C(C)N=c3s/c(=C\c4cccc([N+](=O)[O-])c4)c(=O)n32)ccc1OCc1ccccc1. The molecule has 0 aliphatic carbocycles. The van der Waals surface area contributed by atoms with Crippen molar-refractivity contribution in [3.8, 4) is 11.5 Å². The summed E-state index contributed by atoms with van der Waals surface area (Å²) >= 11 is 1.14. The molecule has 2 heterocycles. The molecule has 0 saturated heterocycles. The zero-order valence-electron chi connectivity index (χ0n) is 24.7. The maximum atomic E-state index is 14.0. The molecule has 5 rings (SSSR count). The molecule has 1 aromatic heterocycles. The standard InChI is InChI=1S/C33H31N3O7S/c1-20(2)18-43-32(38)29-21(3)34-33-35(31(37)28(44-33)16-23-11-8-12-25(15-23)36(39)40)30(29)24-13-14-26(27(17-24)41-4)42-19-22-9-6-5-7-10-22/h5-17,20,30H,18-19H2,1-4H3/b28-16-. The smallest absolute Gasteiger partial charge is 0.338 e. The molecule has 226 valence electrons. The number of non-ortho nitro benzene ring substituents is 1. The molecule has 11 heteroatoms. The number of nitrogens with zero attached hydrogens (tertiary/aromatic N) is 3. The Morgan fingerprint density at radius 1 is 1.09 bits per heavy atom. The van der Waals surface area contributed by atoms with Crippen LogP contribution in [-0.2, 0) is 16.1 Å². The Morgan fingerprint density at radius 2 is 1.86 bits per heavy atom. The van der Waals surface area contributed by atoms with E-state index >= 15 is 0 Å². The van der Waals surface area contributed by atoms with Crippen LogP contribution in [0.3, 0.4) is 0 Å². The van der Waals surface area contributed by atoms with Gasteiger partial charge in [0.25, 0.3) is 11.2 Å². The summed E-state index contributed by atoms with van der Waals surface area (Å²) in [6.45, 7) is 6.12. The summed E-state index contributed by atoms with van der Waals surface area (Å²) in [5, 5.41) is 11.3. The molecule has 0 spiro atoms. The first-order valence-corrected chi connectivity index (χ1v) is 14.8. The number of hydrogen-bond donors (Lipinski definition) is 0. The summed E-state index contributed by atoms with van der Waals surface area (Å²) in [4.78, 5) is 43.3. The number of rotatable bonds is 10. The molecule has 1 aliphatic rings. The van der Waals surface area contributed by atoms with Crippen molar-refractivity contribution >= 4 is 29.1 Å². The highest BCUT2D eigenvalue weighted by atomic mass is 32.1. The van der Waals surface area contributed by atoms with E-state index in [1.54, 1.807) is 43.3 Å². The number of carbonyl (C=O) groups excluding carboxylic acids is 1. The van der Waals surface area contributed by atoms with E-state index in [1.807, 2.05) is 44.2 Å². The van der Waals surface area contributed by atoms with Gasteiger partial charge in [-0.05, 0) is 47.7 Å². The molecule has 0 fully saturated rings. The molecular formula is C33H31N3O7S. The molecule has 0 saturated carbocycles. The summed E-state index contributed by atoms with van der Waals surface area (Å²) < 4.78 is 19.1. The van der Waals surface area contributed by atoms with Crippen LogP contribution in [0.25, 0.3) is 6.08 Å². The van der Waals surface area contributed by atoms with Gasteiger partial charge in [0.1, 0.15) is 6.61 Å². The molecule has 1 atom stereocenters. The van der Waals surface area contributed by atoms with Crippen molar-refractivity contribution in [2.45, 2.75) is 33.4 Å². The lowest BCUT2D eigenvalue weighted by molar-refractivity contribution is -0.384. The zero-order chi connectivity index (χ0) is 31.4. The van der Waals surface area contributed by atoms with Crippen molar-refractivity contribution in [2.75, 3.05) is 13.7 Å². The fourth-order valence-corrected chi connectivity index (χ4v) is 5.85. The Hall–Kier alpha value is -5.03. The molecule has 4 aromatic rings. The Balaban J connectivity index is 1.62. The zero-order valence-corrected chi connectivity index (χ0v) is 25.5. The molecule has 1 unspecified atom stereocenters. The number of hydrogen-bond acceptors (Lipinski definition) is 9. The Kier molecular flexibility index (Phi) is 9.05. The fourth-order valence-electron chi connectivity index (χ4n) is 4.81. The fraction of sp³-hybridized carbons (Fsp3) is 0.242. The third-order valence-corrected chi connectivity index (χ3v) is 7.89. The lowest BCUT2D eigenvalue weighted by Gasteiger charge is -2.25. The number of nitro groups is 1. The Bertz CT molecular complexity index is 1930. The number of ether oxygens (including phenoxy) is 3. The van der Waals surface area contributed by atoms with Crippen LogP contribution in [0.5, 0.6) is 11.5 Å². The Morgan fingerprint density at radius 3 is 2.57 bits per heavy atom. The second-order valence-electron chi connectivity index (χ2n) is 10.6. The van der Waals surface area contributed by atoms with Gasteiger partial charge in [0.15, 0.2) is 16.3 Å². The van der Waals surface area contributed by atoms with Crippen LogP contribution in [0.4, 0.5) is 5.69 Å². The van der Waals surface area contributed by atoms with Crippen LogP contribution in [-0.4, -0.2) is 29.2 Å². The predicted molar refractivity (Wildman–Crippen MR) is 166 cm³/mol. The van der Waals surface area contributed by atoms with Crippen LogP contribution in [0.1, 0.15) is 43.5 Å². The first kappa shape index (κ1) is 30.4. The number of carbonyl (C=O) groups is 1. The molecule has 3 aromatic carbocycles. The highest BCUT2D eigenvalue weighted by Crippen LogP contribution is 2.36. The third kappa shape index (κ3) is 6.47. The van der Waals surface area contributed by atoms with Crippen molar-refractivity contribution in [1.29, 1.82) is 0 Å². The number of fused-ring (bicyclic) bond motifs is 1. The first-order chi connectivity index (χ1) is 21.2. The van der Waals surface area contributed by atoms with Gasteiger partial charge in [0.05, 0.1) is 40.5 Å². The van der Waals surface area contributed by atoms with Gasteiger partial charge in [-0.25, -0.2) is 9.79 Å². The summed E-state index contributed by atoms with van der Waals surface area (Å²) in [6.07, 6.45) is 1.59. The van der Waals surface area contributed by atoms with Gasteiger partial charge in [0, 0.05) is 12.1 Å². The minimum atomic E-state index is -0.866. The van der Waals surface area contributed by atoms with Crippen LogP contribution in [0.15, 0.2) is 93.9 Å². The van der Waals surface area contributed by atoms with E-state index in [-0.39, 0.29) is 23.8 Å². The lowest BCUT2D eigenvalue weighted by Crippen LogP contribution is -2.40. The summed E-state index contributed by atoms with van der Waals surface area (Å²) in [6, 6.07) is 20.2. The number of esters is 1. The largest absolute Gasteiger partial charge is 0.493 e. The highest BCUT2D eigenvalue weighted by molar-refractivity contribution is 7.07. The van der Waals surface area contributed by atoms with E-state index in [2.05, 4.69) is 4.99 Å². The van der Waals surface area contributed by atoms with E-state index in [1.165, 1.54) is 23.8 Å². The molecule has 10 nitrogen and oxygen atoms in total. The normalized spacial score (nSPS) is 14.7. The van der Waals surface area contributed by atoms with Crippen LogP contribution in [0, 0.1) is 16.0 Å². The van der Waals surface area contributed by atoms with Crippen molar-refractivity contribution in [2.24, 2.45) is 10.9 Å². The number of aromatic nitrogens is 1. The van der Waals surface area contributed by atoms with Crippen molar-refractivity contribution in [3.05, 3.63) is 131 Å². The van der Waals surface area contributed by atoms with E-state index in [0.29, 0.717) is 44.3 Å². The third-order valence-electron chi connectivity index (χ3n) is 6.91. The van der Waals surface area contributed by atoms with Crippen LogP contribution >= 0.6 is 11.3 Å². The molecule has 0 bridgehead atoms. The maximum absolute atomic E-state index is 14.0. The lowest BCUT2D eigenvalue weighted by atomic mass is 9.95. The van der Waals surface area contributed by atoms with Gasteiger partial charge in [-0.3, -0.25) is 19.5 Å². The maximum Gasteiger partial charge on any atom is 0.338 e. The van der Waals surface area contributed by atoms with Crippen LogP contribution < -0.4 is 24.4 Å². The average molecular weight is 614 g/mol. The van der Waals surface area contributed by atoms with Gasteiger partial charge in [-0.15, -0.1) is 0 Å². The molecular weight excluding hydrogens is 582 g/mol. The van der Waals surface area contributed by atoms with Gasteiger partial charge >= 0.3 is 5.97 Å². The van der Waals surface area contributed by atoms with Gasteiger partial charge in [0.2, 0.25) is 0 Å². The van der Waals surface area contributed by atoms with Gasteiger partial charge < -0.3 is 14.2 Å². The van der Waals surface area contributed by atoms with Gasteiger partial charge in [-0.2, -0.15) is 0 Å². The molecule has 0 radical (unpaired) electrons. The minimum absolute atomic E-state index is 0.0860. The molecule has 0 amide bonds. The molecule has 0 N–H and O–H groups in total. The molecule has 1 aliphatic heterocycles. The quantitative estimate of drug-likeness (QED) is 0.141. The van der Waals surface area contributed by atoms with Crippen molar-refractivity contribution in [1.82, 2.24) is 4.57 Å². The number of thiazole rings is 1. The highest BCUT2D eigenvalue weighted by Gasteiger charge is 2.34. The van der Waals surface area contributed by atoms with E-state index in [0.717, 1.165) is 16.9 Å². The van der Waals surface area contributed by atoms with E-state index < -0.39 is 22.5 Å². The van der Waals surface area contributed by atoms with Gasteiger partial charge in [-0.1, -0.05) is 73.7 Å².